The number of amides is 1. The molecule has 97 valence electrons. The van der Waals surface area contributed by atoms with E-state index < -0.39 is 0 Å². The number of rotatable bonds is 1. The standard InChI is InChI=1S/C13H15GeN4O/c1-15-11-4-2-3-6-18-12(11)9-8-17(13(14)19)7-5-10(9)16-18/h4H,1-3,5-8H2. The van der Waals surface area contributed by atoms with Gasteiger partial charge in [-0.25, -0.2) is 0 Å². The Balaban J connectivity index is 2.08. The Morgan fingerprint density at radius 2 is 2.32 bits per heavy atom. The summed E-state index contributed by atoms with van der Waals surface area (Å²) < 4.78 is 2.17. The molecule has 0 bridgehead atoms. The minimum atomic E-state index is 0.122. The molecule has 0 saturated carbocycles. The third-order valence-electron chi connectivity index (χ3n) is 3.71. The van der Waals surface area contributed by atoms with Crippen molar-refractivity contribution in [3.05, 3.63) is 23.0 Å². The summed E-state index contributed by atoms with van der Waals surface area (Å²) in [6.07, 6.45) is 5.03. The molecule has 0 aliphatic carbocycles. The van der Waals surface area contributed by atoms with Crippen molar-refractivity contribution in [3.63, 3.8) is 0 Å². The molecule has 2 aliphatic heterocycles. The van der Waals surface area contributed by atoms with E-state index in [4.69, 9.17) is 5.10 Å². The van der Waals surface area contributed by atoms with Gasteiger partial charge in [0.2, 0.25) is 0 Å². The number of nitrogens with zero attached hydrogens (tertiary/aromatic N) is 4. The van der Waals surface area contributed by atoms with Gasteiger partial charge in [0.15, 0.2) is 0 Å². The molecule has 0 atom stereocenters. The number of hydrogen-bond donors (Lipinski definition) is 0. The van der Waals surface area contributed by atoms with Crippen LogP contribution in [0, 0.1) is 0 Å². The van der Waals surface area contributed by atoms with E-state index in [1.807, 2.05) is 9.58 Å². The number of aromatic nitrogens is 2. The van der Waals surface area contributed by atoms with Crippen LogP contribution in [0.3, 0.4) is 0 Å². The molecule has 1 aromatic heterocycles. The van der Waals surface area contributed by atoms with Crippen molar-refractivity contribution in [2.24, 2.45) is 4.99 Å². The molecular formula is C13H15GeN4O. The van der Waals surface area contributed by atoms with Crippen molar-refractivity contribution in [1.29, 1.82) is 0 Å². The summed E-state index contributed by atoms with van der Waals surface area (Å²) in [7, 11) is 0. The Bertz CT molecular complexity index is 575. The van der Waals surface area contributed by atoms with Gasteiger partial charge in [-0.3, -0.25) is 0 Å². The number of allylic oxidation sites excluding steroid dienone is 1. The van der Waals surface area contributed by atoms with E-state index >= 15 is 0 Å². The summed E-state index contributed by atoms with van der Waals surface area (Å²) in [6, 6.07) is 0. The molecule has 0 saturated heterocycles. The van der Waals surface area contributed by atoms with Gasteiger partial charge in [0.05, 0.1) is 0 Å². The van der Waals surface area contributed by atoms with E-state index in [-0.39, 0.29) is 4.74 Å². The first-order chi connectivity index (χ1) is 9.20. The van der Waals surface area contributed by atoms with E-state index in [1.165, 1.54) is 0 Å². The Labute approximate surface area is 120 Å². The van der Waals surface area contributed by atoms with Crippen LogP contribution in [0.25, 0.3) is 5.70 Å². The third-order valence-corrected chi connectivity index (χ3v) is 4.38. The zero-order valence-corrected chi connectivity index (χ0v) is 12.8. The molecule has 6 heteroatoms. The van der Waals surface area contributed by atoms with Gasteiger partial charge >= 0.3 is 120 Å². The average Bonchev–Trinajstić information content (AvgIpc) is 2.64. The summed E-state index contributed by atoms with van der Waals surface area (Å²) in [5.74, 6) is 0. The first-order valence-corrected chi connectivity index (χ1v) is 7.52. The van der Waals surface area contributed by atoms with Crippen LogP contribution in [-0.2, 0) is 19.5 Å². The predicted octanol–water partition coefficient (Wildman–Crippen LogP) is 1.37. The van der Waals surface area contributed by atoms with Crippen molar-refractivity contribution < 1.29 is 4.79 Å². The van der Waals surface area contributed by atoms with Crippen molar-refractivity contribution in [2.75, 3.05) is 6.54 Å². The summed E-state index contributed by atoms with van der Waals surface area (Å²) >= 11 is 1.62. The molecule has 1 aromatic rings. The number of carbonyl (C=O) groups is 1. The van der Waals surface area contributed by atoms with E-state index in [1.54, 1.807) is 16.5 Å². The minimum absolute atomic E-state index is 0.122. The van der Waals surface area contributed by atoms with Crippen molar-refractivity contribution >= 4 is 33.7 Å². The molecule has 5 nitrogen and oxygen atoms in total. The van der Waals surface area contributed by atoms with Crippen LogP contribution < -0.4 is 0 Å². The number of carbonyl (C=O) groups excluding carboxylic acids is 1. The molecule has 3 heterocycles. The Morgan fingerprint density at radius 1 is 1.47 bits per heavy atom. The van der Waals surface area contributed by atoms with E-state index in [0.29, 0.717) is 6.54 Å². The van der Waals surface area contributed by atoms with Crippen LogP contribution in [0.1, 0.15) is 29.8 Å². The molecule has 1 amide bonds. The summed E-state index contributed by atoms with van der Waals surface area (Å²) in [4.78, 5) is 17.6. The average molecular weight is 316 g/mol. The predicted molar refractivity (Wildman–Crippen MR) is 74.3 cm³/mol. The van der Waals surface area contributed by atoms with Crippen LogP contribution in [0.5, 0.6) is 0 Å². The molecule has 2 aliphatic rings. The van der Waals surface area contributed by atoms with Crippen LogP contribution in [0.15, 0.2) is 11.1 Å². The van der Waals surface area contributed by atoms with Crippen LogP contribution >= 0.6 is 0 Å². The number of aryl methyl sites for hydroxylation is 1. The first-order valence-electron chi connectivity index (χ1n) is 6.47. The molecule has 3 rings (SSSR count). The van der Waals surface area contributed by atoms with Gasteiger partial charge in [0, 0.05) is 0 Å². The summed E-state index contributed by atoms with van der Waals surface area (Å²) in [6.45, 7) is 5.99. The fourth-order valence-electron chi connectivity index (χ4n) is 2.76. The van der Waals surface area contributed by atoms with Gasteiger partial charge in [-0.2, -0.15) is 0 Å². The van der Waals surface area contributed by atoms with Gasteiger partial charge in [0.1, 0.15) is 0 Å². The van der Waals surface area contributed by atoms with E-state index in [9.17, 15) is 4.79 Å². The zero-order chi connectivity index (χ0) is 13.4. The van der Waals surface area contributed by atoms with Gasteiger partial charge in [-0.1, -0.05) is 0 Å². The summed E-state index contributed by atoms with van der Waals surface area (Å²) in [5, 5.41) is 4.69. The van der Waals surface area contributed by atoms with Gasteiger partial charge in [-0.05, 0) is 0 Å². The quantitative estimate of drug-likeness (QED) is 0.580. The molecule has 0 unspecified atom stereocenters. The zero-order valence-electron chi connectivity index (χ0n) is 10.7. The van der Waals surface area contributed by atoms with E-state index in [0.717, 1.165) is 55.0 Å². The van der Waals surface area contributed by atoms with Gasteiger partial charge in [0.25, 0.3) is 0 Å². The second-order valence-corrected chi connectivity index (χ2v) is 5.76. The molecular weight excluding hydrogens is 301 g/mol. The topological polar surface area (TPSA) is 50.5 Å². The van der Waals surface area contributed by atoms with Crippen molar-refractivity contribution in [1.82, 2.24) is 14.7 Å². The SMILES string of the molecule is C=NC1=CCCCn2nc3c(c21)CN([C](=O)[Ge])CC3. The maximum atomic E-state index is 11.6. The molecule has 3 radical (unpaired) electrons. The summed E-state index contributed by atoms with van der Waals surface area (Å²) in [5.41, 5.74) is 4.25. The monoisotopic (exact) mass is 317 g/mol. The molecule has 0 spiro atoms. The fourth-order valence-corrected chi connectivity index (χ4v) is 3.16. The second kappa shape index (κ2) is 4.96. The number of aliphatic imine (C=N–C) groups is 1. The number of fused-ring (bicyclic) bond motifs is 3. The van der Waals surface area contributed by atoms with Gasteiger partial charge in [-0.15, -0.1) is 0 Å². The Kier molecular flexibility index (Phi) is 3.30. The maximum absolute atomic E-state index is 11.6. The van der Waals surface area contributed by atoms with Crippen LogP contribution in [0.2, 0.25) is 0 Å². The first kappa shape index (κ1) is 12.7. The normalized spacial score (nSPS) is 18.2. The second-order valence-electron chi connectivity index (χ2n) is 4.86. The Morgan fingerprint density at radius 3 is 3.05 bits per heavy atom. The third kappa shape index (κ3) is 2.16. The molecule has 19 heavy (non-hydrogen) atoms. The molecule has 0 fully saturated rings. The van der Waals surface area contributed by atoms with Crippen molar-refractivity contribution in [2.45, 2.75) is 32.4 Å². The molecule has 0 N–H and O–H groups in total. The van der Waals surface area contributed by atoms with E-state index in [2.05, 4.69) is 17.8 Å². The van der Waals surface area contributed by atoms with Crippen LogP contribution in [-0.4, -0.2) is 49.2 Å². The fraction of sp³-hybridized carbons (Fsp3) is 0.462. The number of hydrogen-bond acceptors (Lipinski definition) is 3. The van der Waals surface area contributed by atoms with Crippen LogP contribution in [0.4, 0.5) is 4.79 Å². The van der Waals surface area contributed by atoms with Crippen molar-refractivity contribution in [3.8, 4) is 0 Å². The Hall–Kier alpha value is -1.37. The van der Waals surface area contributed by atoms with Gasteiger partial charge < -0.3 is 0 Å². The molecule has 0 aromatic carbocycles.